The maximum Gasteiger partial charge on any atom is 0.0755 e. The molecule has 1 unspecified atom stereocenters. The Hall–Kier alpha value is -0.940. The molecule has 1 heterocycles. The van der Waals surface area contributed by atoms with Gasteiger partial charge >= 0.3 is 0 Å². The van der Waals surface area contributed by atoms with Crippen LogP contribution in [-0.2, 0) is 11.3 Å². The Morgan fingerprint density at radius 2 is 2.35 bits per heavy atom. The lowest BCUT2D eigenvalue weighted by Gasteiger charge is -2.42. The van der Waals surface area contributed by atoms with Crippen LogP contribution in [-0.4, -0.2) is 27.7 Å². The zero-order valence-corrected chi connectivity index (χ0v) is 10.7. The summed E-state index contributed by atoms with van der Waals surface area (Å²) in [5, 5.41) is 8.03. The van der Waals surface area contributed by atoms with Gasteiger partial charge in [0.1, 0.15) is 0 Å². The number of aromatic nitrogens is 3. The molecule has 2 N–H and O–H groups in total. The highest BCUT2D eigenvalue weighted by atomic mass is 16.5. The third-order valence-corrected chi connectivity index (χ3v) is 3.75. The second-order valence-electron chi connectivity index (χ2n) is 4.93. The van der Waals surface area contributed by atoms with E-state index in [1.807, 2.05) is 4.68 Å². The fourth-order valence-electron chi connectivity index (χ4n) is 2.51. The Labute approximate surface area is 102 Å². The SMILES string of the molecule is CCCn1nncc1C(N)CC1(OC)CCC1. The van der Waals surface area contributed by atoms with Crippen molar-refractivity contribution in [1.29, 1.82) is 0 Å². The van der Waals surface area contributed by atoms with Gasteiger partial charge in [0.2, 0.25) is 0 Å². The highest BCUT2D eigenvalue weighted by Gasteiger charge is 2.39. The van der Waals surface area contributed by atoms with Crippen molar-refractivity contribution in [2.45, 2.75) is 57.2 Å². The summed E-state index contributed by atoms with van der Waals surface area (Å²) in [4.78, 5) is 0. The van der Waals surface area contributed by atoms with Crippen LogP contribution in [0.4, 0.5) is 0 Å². The number of rotatable bonds is 6. The van der Waals surface area contributed by atoms with Gasteiger partial charge in [0.25, 0.3) is 0 Å². The van der Waals surface area contributed by atoms with E-state index in [0.717, 1.165) is 37.9 Å². The second-order valence-corrected chi connectivity index (χ2v) is 4.93. The molecule has 1 aliphatic rings. The van der Waals surface area contributed by atoms with Crippen molar-refractivity contribution in [1.82, 2.24) is 15.0 Å². The van der Waals surface area contributed by atoms with Crippen LogP contribution < -0.4 is 5.73 Å². The van der Waals surface area contributed by atoms with E-state index < -0.39 is 0 Å². The Kier molecular flexibility index (Phi) is 3.79. The number of hydrogen-bond acceptors (Lipinski definition) is 4. The molecule has 1 fully saturated rings. The van der Waals surface area contributed by atoms with Crippen molar-refractivity contribution < 1.29 is 4.74 Å². The average Bonchev–Trinajstić information content (AvgIpc) is 2.72. The number of hydrogen-bond donors (Lipinski definition) is 1. The summed E-state index contributed by atoms with van der Waals surface area (Å²) in [5.41, 5.74) is 7.28. The lowest BCUT2D eigenvalue weighted by molar-refractivity contribution is -0.0820. The quantitative estimate of drug-likeness (QED) is 0.818. The first-order valence-electron chi connectivity index (χ1n) is 6.40. The summed E-state index contributed by atoms with van der Waals surface area (Å²) in [7, 11) is 1.79. The van der Waals surface area contributed by atoms with Crippen LogP contribution in [0.1, 0.15) is 50.8 Å². The first kappa shape index (κ1) is 12.5. The number of methoxy groups -OCH3 is 1. The molecule has 5 nitrogen and oxygen atoms in total. The lowest BCUT2D eigenvalue weighted by Crippen LogP contribution is -2.42. The summed E-state index contributed by atoms with van der Waals surface area (Å²) >= 11 is 0. The van der Waals surface area contributed by atoms with E-state index in [4.69, 9.17) is 10.5 Å². The van der Waals surface area contributed by atoms with E-state index in [-0.39, 0.29) is 11.6 Å². The van der Waals surface area contributed by atoms with Gasteiger partial charge in [-0.05, 0) is 32.1 Å². The summed E-state index contributed by atoms with van der Waals surface area (Å²) in [5.74, 6) is 0. The molecule has 1 aromatic heterocycles. The fourth-order valence-corrected chi connectivity index (χ4v) is 2.51. The third-order valence-electron chi connectivity index (χ3n) is 3.75. The van der Waals surface area contributed by atoms with Crippen molar-refractivity contribution in [3.63, 3.8) is 0 Å². The van der Waals surface area contributed by atoms with Crippen LogP contribution >= 0.6 is 0 Å². The Bertz CT molecular complexity index is 354. The molecule has 0 aliphatic heterocycles. The topological polar surface area (TPSA) is 66.0 Å². The van der Waals surface area contributed by atoms with Gasteiger partial charge in [-0.1, -0.05) is 12.1 Å². The molecule has 1 saturated carbocycles. The molecule has 0 amide bonds. The highest BCUT2D eigenvalue weighted by molar-refractivity contribution is 5.05. The Morgan fingerprint density at radius 3 is 2.88 bits per heavy atom. The van der Waals surface area contributed by atoms with Gasteiger partial charge < -0.3 is 10.5 Å². The molecule has 17 heavy (non-hydrogen) atoms. The van der Waals surface area contributed by atoms with E-state index in [0.29, 0.717) is 0 Å². The zero-order chi connectivity index (χ0) is 12.3. The Balaban J connectivity index is 2.03. The summed E-state index contributed by atoms with van der Waals surface area (Å²) in [6.45, 7) is 3.00. The molecule has 0 radical (unpaired) electrons. The van der Waals surface area contributed by atoms with Crippen LogP contribution in [0.15, 0.2) is 6.20 Å². The average molecular weight is 238 g/mol. The molecular weight excluding hydrogens is 216 g/mol. The van der Waals surface area contributed by atoms with Gasteiger partial charge in [-0.25, -0.2) is 4.68 Å². The van der Waals surface area contributed by atoms with E-state index in [1.54, 1.807) is 13.3 Å². The molecule has 1 aliphatic carbocycles. The number of nitrogens with two attached hydrogens (primary N) is 1. The molecule has 0 aromatic carbocycles. The normalized spacial score (nSPS) is 19.9. The van der Waals surface area contributed by atoms with Crippen molar-refractivity contribution in [2.75, 3.05) is 7.11 Å². The smallest absolute Gasteiger partial charge is 0.0755 e. The second kappa shape index (κ2) is 5.14. The van der Waals surface area contributed by atoms with Gasteiger partial charge in [0.15, 0.2) is 0 Å². The fraction of sp³-hybridized carbons (Fsp3) is 0.833. The molecule has 5 heteroatoms. The predicted octanol–water partition coefficient (Wildman–Crippen LogP) is 1.65. The predicted molar refractivity (Wildman–Crippen MR) is 65.4 cm³/mol. The summed E-state index contributed by atoms with van der Waals surface area (Å²) in [6.07, 6.45) is 7.16. The van der Waals surface area contributed by atoms with Crippen LogP contribution in [0.3, 0.4) is 0 Å². The van der Waals surface area contributed by atoms with Gasteiger partial charge in [-0.15, -0.1) is 5.10 Å². The minimum absolute atomic E-state index is 0.000726. The van der Waals surface area contributed by atoms with E-state index in [1.165, 1.54) is 6.42 Å². The molecule has 1 aromatic rings. The van der Waals surface area contributed by atoms with Crippen molar-refractivity contribution in [3.8, 4) is 0 Å². The van der Waals surface area contributed by atoms with Crippen LogP contribution in [0.5, 0.6) is 0 Å². The first-order chi connectivity index (χ1) is 8.21. The van der Waals surface area contributed by atoms with Crippen molar-refractivity contribution >= 4 is 0 Å². The molecule has 96 valence electrons. The highest BCUT2D eigenvalue weighted by Crippen LogP contribution is 2.41. The Morgan fingerprint density at radius 1 is 1.59 bits per heavy atom. The first-order valence-corrected chi connectivity index (χ1v) is 6.40. The summed E-state index contributed by atoms with van der Waals surface area (Å²) in [6, 6.07) is -0.0307. The standard InChI is InChI=1S/C12H22N4O/c1-3-7-16-11(9-14-15-16)10(13)8-12(17-2)5-4-6-12/h9-10H,3-8,13H2,1-2H3. The zero-order valence-electron chi connectivity index (χ0n) is 10.7. The van der Waals surface area contributed by atoms with Crippen LogP contribution in [0.2, 0.25) is 0 Å². The van der Waals surface area contributed by atoms with Gasteiger partial charge in [0, 0.05) is 13.7 Å². The molecular formula is C12H22N4O. The van der Waals surface area contributed by atoms with Crippen LogP contribution in [0.25, 0.3) is 0 Å². The maximum absolute atomic E-state index is 6.26. The lowest BCUT2D eigenvalue weighted by atomic mass is 9.75. The summed E-state index contributed by atoms with van der Waals surface area (Å²) < 4.78 is 7.52. The van der Waals surface area contributed by atoms with Gasteiger partial charge in [-0.3, -0.25) is 0 Å². The minimum Gasteiger partial charge on any atom is -0.378 e. The monoisotopic (exact) mass is 238 g/mol. The van der Waals surface area contributed by atoms with E-state index >= 15 is 0 Å². The number of nitrogens with zero attached hydrogens (tertiary/aromatic N) is 3. The third kappa shape index (κ3) is 2.50. The number of ether oxygens (including phenoxy) is 1. The minimum atomic E-state index is -0.0307. The molecule has 0 saturated heterocycles. The van der Waals surface area contributed by atoms with Crippen molar-refractivity contribution in [3.05, 3.63) is 11.9 Å². The van der Waals surface area contributed by atoms with Gasteiger partial charge in [-0.2, -0.15) is 0 Å². The van der Waals surface area contributed by atoms with E-state index in [9.17, 15) is 0 Å². The maximum atomic E-state index is 6.26. The van der Waals surface area contributed by atoms with Gasteiger partial charge in [0.05, 0.1) is 23.5 Å². The van der Waals surface area contributed by atoms with E-state index in [2.05, 4.69) is 17.2 Å². The number of aryl methyl sites for hydroxylation is 1. The largest absolute Gasteiger partial charge is 0.378 e. The molecule has 1 atom stereocenters. The molecule has 0 bridgehead atoms. The molecule has 2 rings (SSSR count). The molecule has 0 spiro atoms. The van der Waals surface area contributed by atoms with Crippen LogP contribution in [0, 0.1) is 0 Å². The van der Waals surface area contributed by atoms with Crippen molar-refractivity contribution in [2.24, 2.45) is 5.73 Å².